The molecule has 3 heteroatoms. The van der Waals surface area contributed by atoms with Gasteiger partial charge in [-0.15, -0.1) is 0 Å². The minimum atomic E-state index is 0.677. The van der Waals surface area contributed by atoms with Gasteiger partial charge in [0.05, 0.1) is 11.0 Å². The van der Waals surface area contributed by atoms with Crippen LogP contribution in [-0.4, -0.2) is 16.1 Å². The summed E-state index contributed by atoms with van der Waals surface area (Å²) >= 11 is 0. The molecule has 3 nitrogen and oxygen atoms in total. The minimum absolute atomic E-state index is 0.677. The molecule has 0 aliphatic carbocycles. The van der Waals surface area contributed by atoms with Gasteiger partial charge in [0, 0.05) is 24.5 Å². The predicted octanol–water partition coefficient (Wildman–Crippen LogP) is 1.38. The van der Waals surface area contributed by atoms with Gasteiger partial charge in [0.1, 0.15) is 0 Å². The number of aryl methyl sites for hydroxylation is 1. The topological polar surface area (TPSA) is 43.8 Å². The second-order valence-corrected chi connectivity index (χ2v) is 3.53. The molecule has 2 rings (SSSR count). The van der Waals surface area contributed by atoms with Crippen LogP contribution < -0.4 is 5.73 Å². The Morgan fingerprint density at radius 1 is 1.50 bits per heavy atom. The number of aromatic nitrogens is 2. The number of pyridine rings is 1. The molecular formula is C11H15N3. The van der Waals surface area contributed by atoms with Gasteiger partial charge in [-0.3, -0.25) is 4.98 Å². The van der Waals surface area contributed by atoms with E-state index in [1.165, 1.54) is 16.8 Å². The molecule has 2 heterocycles. The van der Waals surface area contributed by atoms with Gasteiger partial charge in [0.2, 0.25) is 0 Å². The molecular weight excluding hydrogens is 174 g/mol. The zero-order valence-corrected chi connectivity index (χ0v) is 8.62. The molecule has 2 N–H and O–H groups in total. The third kappa shape index (κ3) is 1.21. The number of rotatable bonds is 2. The zero-order chi connectivity index (χ0) is 10.1. The van der Waals surface area contributed by atoms with Crippen molar-refractivity contribution in [3.05, 3.63) is 29.6 Å². The zero-order valence-electron chi connectivity index (χ0n) is 8.62. The van der Waals surface area contributed by atoms with E-state index in [1.54, 1.807) is 0 Å². The van der Waals surface area contributed by atoms with E-state index in [4.69, 9.17) is 5.73 Å². The molecule has 0 fully saturated rings. The normalized spacial score (nSPS) is 11.1. The van der Waals surface area contributed by atoms with Crippen LogP contribution in [-0.2, 0) is 13.5 Å². The van der Waals surface area contributed by atoms with Crippen LogP contribution in [0.25, 0.3) is 11.0 Å². The molecule has 0 aliphatic heterocycles. The van der Waals surface area contributed by atoms with Gasteiger partial charge >= 0.3 is 0 Å². The molecule has 2 aromatic heterocycles. The summed E-state index contributed by atoms with van der Waals surface area (Å²) in [4.78, 5) is 4.41. The fourth-order valence-electron chi connectivity index (χ4n) is 1.90. The Morgan fingerprint density at radius 2 is 2.29 bits per heavy atom. The van der Waals surface area contributed by atoms with Crippen LogP contribution in [0.15, 0.2) is 18.3 Å². The van der Waals surface area contributed by atoms with Crippen molar-refractivity contribution >= 4 is 11.0 Å². The number of hydrogen-bond donors (Lipinski definition) is 1. The molecule has 0 aromatic carbocycles. The average Bonchev–Trinajstić information content (AvgIpc) is 2.45. The molecule has 0 saturated carbocycles. The molecule has 0 saturated heterocycles. The van der Waals surface area contributed by atoms with Crippen LogP contribution in [0.1, 0.15) is 11.3 Å². The molecule has 0 spiro atoms. The summed E-state index contributed by atoms with van der Waals surface area (Å²) in [5, 5.41) is 0. The Kier molecular flexibility index (Phi) is 2.25. The summed E-state index contributed by atoms with van der Waals surface area (Å²) in [7, 11) is 2.07. The minimum Gasteiger partial charge on any atom is -0.346 e. The summed E-state index contributed by atoms with van der Waals surface area (Å²) in [5.74, 6) is 0. The smallest absolute Gasteiger partial charge is 0.0916 e. The predicted molar refractivity (Wildman–Crippen MR) is 58.2 cm³/mol. The van der Waals surface area contributed by atoms with E-state index in [1.807, 2.05) is 12.3 Å². The number of nitrogens with zero attached hydrogens (tertiary/aromatic N) is 2. The highest BCUT2D eigenvalue weighted by molar-refractivity contribution is 5.81. The molecule has 0 radical (unpaired) electrons. The van der Waals surface area contributed by atoms with Crippen molar-refractivity contribution in [1.29, 1.82) is 0 Å². The summed E-state index contributed by atoms with van der Waals surface area (Å²) in [6.07, 6.45) is 2.74. The number of fused-ring (bicyclic) bond motifs is 1. The van der Waals surface area contributed by atoms with Crippen molar-refractivity contribution in [3.8, 4) is 0 Å². The lowest BCUT2D eigenvalue weighted by atomic mass is 10.1. The lowest BCUT2D eigenvalue weighted by Gasteiger charge is -1.98. The third-order valence-corrected chi connectivity index (χ3v) is 2.77. The second-order valence-electron chi connectivity index (χ2n) is 3.53. The molecule has 0 atom stereocenters. The fraction of sp³-hybridized carbons (Fsp3) is 0.364. The first kappa shape index (κ1) is 9.21. The van der Waals surface area contributed by atoms with Crippen LogP contribution in [0.3, 0.4) is 0 Å². The van der Waals surface area contributed by atoms with E-state index in [9.17, 15) is 0 Å². The van der Waals surface area contributed by atoms with Crippen LogP contribution in [0.4, 0.5) is 0 Å². The SMILES string of the molecule is Cc1c(CCN)c2ncccc2n1C. The lowest BCUT2D eigenvalue weighted by Crippen LogP contribution is -2.04. The monoisotopic (exact) mass is 189 g/mol. The van der Waals surface area contributed by atoms with Crippen molar-refractivity contribution in [2.24, 2.45) is 12.8 Å². The first-order valence-corrected chi connectivity index (χ1v) is 4.84. The van der Waals surface area contributed by atoms with Crippen LogP contribution in [0.5, 0.6) is 0 Å². The highest BCUT2D eigenvalue weighted by atomic mass is 15.0. The highest BCUT2D eigenvalue weighted by Gasteiger charge is 2.10. The number of hydrogen-bond acceptors (Lipinski definition) is 2. The molecule has 0 bridgehead atoms. The second kappa shape index (κ2) is 3.42. The van der Waals surface area contributed by atoms with E-state index < -0.39 is 0 Å². The van der Waals surface area contributed by atoms with Crippen LogP contribution in [0.2, 0.25) is 0 Å². The largest absolute Gasteiger partial charge is 0.346 e. The van der Waals surface area contributed by atoms with Gasteiger partial charge in [-0.05, 0) is 32.0 Å². The summed E-state index contributed by atoms with van der Waals surface area (Å²) in [6.45, 7) is 2.79. The summed E-state index contributed by atoms with van der Waals surface area (Å²) in [6, 6.07) is 4.06. The Hall–Kier alpha value is -1.35. The van der Waals surface area contributed by atoms with Crippen molar-refractivity contribution in [2.75, 3.05) is 6.54 Å². The van der Waals surface area contributed by atoms with Gasteiger partial charge in [-0.2, -0.15) is 0 Å². The van der Waals surface area contributed by atoms with Crippen molar-refractivity contribution in [3.63, 3.8) is 0 Å². The first-order valence-electron chi connectivity index (χ1n) is 4.84. The molecule has 0 amide bonds. The van der Waals surface area contributed by atoms with Gasteiger partial charge in [0.15, 0.2) is 0 Å². The van der Waals surface area contributed by atoms with E-state index in [2.05, 4.69) is 29.6 Å². The Labute approximate surface area is 83.6 Å². The molecule has 0 aliphatic rings. The van der Waals surface area contributed by atoms with Crippen molar-refractivity contribution in [1.82, 2.24) is 9.55 Å². The van der Waals surface area contributed by atoms with Gasteiger partial charge in [0.25, 0.3) is 0 Å². The Bertz CT molecular complexity index is 457. The molecule has 2 aromatic rings. The van der Waals surface area contributed by atoms with Crippen LogP contribution in [0, 0.1) is 6.92 Å². The average molecular weight is 189 g/mol. The standard InChI is InChI=1S/C11H15N3/c1-8-9(5-6-12)11-10(14(8)2)4-3-7-13-11/h3-4,7H,5-6,12H2,1-2H3. The Balaban J connectivity index is 2.74. The maximum atomic E-state index is 5.59. The highest BCUT2D eigenvalue weighted by Crippen LogP contribution is 2.22. The summed E-state index contributed by atoms with van der Waals surface area (Å²) in [5.41, 5.74) is 10.4. The lowest BCUT2D eigenvalue weighted by molar-refractivity contribution is 0.882. The van der Waals surface area contributed by atoms with Crippen molar-refractivity contribution in [2.45, 2.75) is 13.3 Å². The summed E-state index contributed by atoms with van der Waals surface area (Å²) < 4.78 is 2.17. The molecule has 74 valence electrons. The van der Waals surface area contributed by atoms with Crippen molar-refractivity contribution < 1.29 is 0 Å². The maximum absolute atomic E-state index is 5.59. The fourth-order valence-corrected chi connectivity index (χ4v) is 1.90. The van der Waals surface area contributed by atoms with Crippen LogP contribution >= 0.6 is 0 Å². The van der Waals surface area contributed by atoms with E-state index in [0.29, 0.717) is 6.54 Å². The van der Waals surface area contributed by atoms with E-state index in [0.717, 1.165) is 11.9 Å². The quantitative estimate of drug-likeness (QED) is 0.775. The van der Waals surface area contributed by atoms with Gasteiger partial charge < -0.3 is 10.3 Å². The van der Waals surface area contributed by atoms with Gasteiger partial charge in [-0.25, -0.2) is 0 Å². The maximum Gasteiger partial charge on any atom is 0.0916 e. The molecule has 0 unspecified atom stereocenters. The van der Waals surface area contributed by atoms with E-state index >= 15 is 0 Å². The number of nitrogens with two attached hydrogens (primary N) is 1. The van der Waals surface area contributed by atoms with E-state index in [-0.39, 0.29) is 0 Å². The Morgan fingerprint density at radius 3 is 3.00 bits per heavy atom. The third-order valence-electron chi connectivity index (χ3n) is 2.77. The first-order chi connectivity index (χ1) is 6.75. The molecule has 14 heavy (non-hydrogen) atoms. The van der Waals surface area contributed by atoms with Gasteiger partial charge in [-0.1, -0.05) is 0 Å².